The molecule has 0 saturated heterocycles. The van der Waals surface area contributed by atoms with Crippen molar-refractivity contribution in [2.45, 2.75) is 27.2 Å². The van der Waals surface area contributed by atoms with Crippen molar-refractivity contribution >= 4 is 22.8 Å². The number of nitrogens with zero attached hydrogens (tertiary/aromatic N) is 2. The molecule has 98 valence electrons. The van der Waals surface area contributed by atoms with Gasteiger partial charge in [0.25, 0.3) is 0 Å². The van der Waals surface area contributed by atoms with Gasteiger partial charge in [0.2, 0.25) is 0 Å². The van der Waals surface area contributed by atoms with E-state index in [1.54, 1.807) is 0 Å². The first kappa shape index (κ1) is 12.5. The number of hydrogen-bond donors (Lipinski definition) is 0. The largest absolute Gasteiger partial charge is 0.290 e. The molecule has 1 unspecified atom stereocenters. The fourth-order valence-corrected chi connectivity index (χ4v) is 2.96. The van der Waals surface area contributed by atoms with Crippen molar-refractivity contribution in [3.8, 4) is 0 Å². The van der Waals surface area contributed by atoms with Crippen molar-refractivity contribution in [1.82, 2.24) is 9.38 Å². The highest BCUT2D eigenvalue weighted by molar-refractivity contribution is 6.31. The average molecular weight is 273 g/mol. The molecule has 3 rings (SSSR count). The fraction of sp³-hybridized carbons (Fsp3) is 0.312. The highest BCUT2D eigenvalue weighted by Gasteiger charge is 2.21. The Labute approximate surface area is 118 Å². The predicted molar refractivity (Wildman–Crippen MR) is 80.5 cm³/mol. The molecule has 0 saturated carbocycles. The number of fused-ring (bicyclic) bond motifs is 1. The van der Waals surface area contributed by atoms with Crippen LogP contribution in [0.1, 0.15) is 31.5 Å². The molecule has 0 fully saturated rings. The summed E-state index contributed by atoms with van der Waals surface area (Å²) >= 11 is 6.48. The van der Waals surface area contributed by atoms with Crippen LogP contribution in [0.3, 0.4) is 0 Å². The van der Waals surface area contributed by atoms with Gasteiger partial charge in [-0.15, -0.1) is 0 Å². The molecule has 0 bridgehead atoms. The van der Waals surface area contributed by atoms with E-state index < -0.39 is 0 Å². The van der Waals surface area contributed by atoms with Crippen molar-refractivity contribution in [3.05, 3.63) is 52.5 Å². The van der Waals surface area contributed by atoms with E-state index in [0.29, 0.717) is 11.1 Å². The molecule has 2 nitrogen and oxygen atoms in total. The summed E-state index contributed by atoms with van der Waals surface area (Å²) in [5.74, 6) is 0.466. The van der Waals surface area contributed by atoms with Crippen LogP contribution in [-0.2, 0) is 0 Å². The Morgan fingerprint density at radius 3 is 2.84 bits per heavy atom. The quantitative estimate of drug-likeness (QED) is 0.738. The van der Waals surface area contributed by atoms with Gasteiger partial charge in [0, 0.05) is 6.20 Å². The zero-order valence-corrected chi connectivity index (χ0v) is 12.2. The third-order valence-electron chi connectivity index (χ3n) is 3.70. The first-order valence-electron chi connectivity index (χ1n) is 6.58. The number of aromatic nitrogens is 2. The third kappa shape index (κ3) is 2.10. The molecule has 0 amide bonds. The molecule has 1 aliphatic carbocycles. The van der Waals surface area contributed by atoms with Gasteiger partial charge in [-0.05, 0) is 49.5 Å². The smallest absolute Gasteiger partial charge is 0.140 e. The van der Waals surface area contributed by atoms with Crippen LogP contribution in [0.4, 0.5) is 0 Å². The van der Waals surface area contributed by atoms with E-state index in [9.17, 15) is 0 Å². The number of pyridine rings is 1. The molecule has 2 aromatic rings. The van der Waals surface area contributed by atoms with Gasteiger partial charge in [-0.1, -0.05) is 36.2 Å². The fourth-order valence-electron chi connectivity index (χ4n) is 2.67. The number of hydrogen-bond acceptors (Lipinski definition) is 1. The van der Waals surface area contributed by atoms with Gasteiger partial charge in [0.15, 0.2) is 0 Å². The highest BCUT2D eigenvalue weighted by atomic mass is 35.5. The first-order chi connectivity index (χ1) is 9.06. The number of rotatable bonds is 1. The van der Waals surface area contributed by atoms with Crippen LogP contribution in [0.25, 0.3) is 11.2 Å². The van der Waals surface area contributed by atoms with Crippen molar-refractivity contribution in [1.29, 1.82) is 0 Å². The molecule has 19 heavy (non-hydrogen) atoms. The molecule has 0 spiro atoms. The SMILES string of the molecule is CC1=CC=C(c2nc3cc(C)ccn3c2Cl)C(C)C1. The van der Waals surface area contributed by atoms with Crippen LogP contribution in [0.2, 0.25) is 5.15 Å². The van der Waals surface area contributed by atoms with E-state index in [0.717, 1.165) is 17.8 Å². The predicted octanol–water partition coefficient (Wildman–Crippen LogP) is 4.67. The van der Waals surface area contributed by atoms with Gasteiger partial charge in [-0.3, -0.25) is 4.40 Å². The lowest BCUT2D eigenvalue weighted by atomic mass is 9.88. The van der Waals surface area contributed by atoms with E-state index in [1.807, 2.05) is 16.7 Å². The summed E-state index contributed by atoms with van der Waals surface area (Å²) in [5, 5.41) is 0.709. The van der Waals surface area contributed by atoms with Gasteiger partial charge in [-0.2, -0.15) is 0 Å². The Morgan fingerprint density at radius 2 is 2.11 bits per heavy atom. The van der Waals surface area contributed by atoms with Gasteiger partial charge >= 0.3 is 0 Å². The van der Waals surface area contributed by atoms with Gasteiger partial charge < -0.3 is 0 Å². The van der Waals surface area contributed by atoms with E-state index in [4.69, 9.17) is 16.6 Å². The van der Waals surface area contributed by atoms with E-state index in [-0.39, 0.29) is 0 Å². The second-order valence-corrected chi connectivity index (χ2v) is 5.78. The highest BCUT2D eigenvalue weighted by Crippen LogP contribution is 2.35. The molecule has 2 heterocycles. The summed E-state index contributed by atoms with van der Waals surface area (Å²) in [5.41, 5.74) is 5.67. The maximum absolute atomic E-state index is 6.48. The van der Waals surface area contributed by atoms with Crippen molar-refractivity contribution < 1.29 is 0 Å². The number of aryl methyl sites for hydroxylation is 1. The number of halogens is 1. The second kappa shape index (κ2) is 4.53. The van der Waals surface area contributed by atoms with Gasteiger partial charge in [0.1, 0.15) is 16.5 Å². The lowest BCUT2D eigenvalue weighted by Crippen LogP contribution is -2.04. The topological polar surface area (TPSA) is 17.3 Å². The Morgan fingerprint density at radius 1 is 1.32 bits per heavy atom. The van der Waals surface area contributed by atoms with Crippen LogP contribution in [0.15, 0.2) is 36.1 Å². The van der Waals surface area contributed by atoms with E-state index >= 15 is 0 Å². The zero-order chi connectivity index (χ0) is 13.6. The summed E-state index contributed by atoms with van der Waals surface area (Å²) in [4.78, 5) is 4.71. The minimum Gasteiger partial charge on any atom is -0.290 e. The van der Waals surface area contributed by atoms with Crippen molar-refractivity contribution in [3.63, 3.8) is 0 Å². The monoisotopic (exact) mass is 272 g/mol. The van der Waals surface area contributed by atoms with Crippen LogP contribution >= 0.6 is 11.6 Å². The number of allylic oxidation sites excluding steroid dienone is 4. The maximum atomic E-state index is 6.48. The lowest BCUT2D eigenvalue weighted by molar-refractivity contribution is 0.725. The summed E-state index contributed by atoms with van der Waals surface area (Å²) < 4.78 is 1.95. The van der Waals surface area contributed by atoms with Crippen LogP contribution in [-0.4, -0.2) is 9.38 Å². The molecule has 2 aromatic heterocycles. The first-order valence-corrected chi connectivity index (χ1v) is 6.96. The average Bonchev–Trinajstić information content (AvgIpc) is 2.66. The molecule has 0 N–H and O–H groups in total. The van der Waals surface area contributed by atoms with Gasteiger partial charge in [0.05, 0.1) is 0 Å². The summed E-state index contributed by atoms with van der Waals surface area (Å²) in [6.45, 7) is 6.46. The van der Waals surface area contributed by atoms with Crippen LogP contribution < -0.4 is 0 Å². The lowest BCUT2D eigenvalue weighted by Gasteiger charge is -2.18. The normalized spacial score (nSPS) is 19.5. The Hall–Kier alpha value is -1.54. The molecule has 0 radical (unpaired) electrons. The van der Waals surface area contributed by atoms with Crippen molar-refractivity contribution in [2.24, 2.45) is 5.92 Å². The van der Waals surface area contributed by atoms with Gasteiger partial charge in [-0.25, -0.2) is 4.98 Å². The molecular weight excluding hydrogens is 256 g/mol. The van der Waals surface area contributed by atoms with Crippen LogP contribution in [0, 0.1) is 12.8 Å². The van der Waals surface area contributed by atoms with E-state index in [2.05, 4.69) is 39.0 Å². The third-order valence-corrected chi connectivity index (χ3v) is 4.06. The molecule has 0 aromatic carbocycles. The Bertz CT molecular complexity index is 707. The van der Waals surface area contributed by atoms with E-state index in [1.165, 1.54) is 16.7 Å². The summed E-state index contributed by atoms with van der Waals surface area (Å²) in [7, 11) is 0. The minimum absolute atomic E-state index is 0.466. The standard InChI is InChI=1S/C16H17ClN2/c1-10-4-5-13(12(3)8-10)15-16(17)19-7-6-11(2)9-14(19)18-15/h4-7,9,12H,8H2,1-3H3. The summed E-state index contributed by atoms with van der Waals surface area (Å²) in [6, 6.07) is 4.11. The molecular formula is C16H17ClN2. The maximum Gasteiger partial charge on any atom is 0.140 e. The van der Waals surface area contributed by atoms with Crippen LogP contribution in [0.5, 0.6) is 0 Å². The minimum atomic E-state index is 0.466. The molecule has 1 aliphatic rings. The Kier molecular flexibility index (Phi) is 2.98. The number of imidazole rings is 1. The summed E-state index contributed by atoms with van der Waals surface area (Å²) in [6.07, 6.45) is 7.39. The Balaban J connectivity index is 2.18. The molecule has 0 aliphatic heterocycles. The zero-order valence-electron chi connectivity index (χ0n) is 11.4. The van der Waals surface area contributed by atoms with Crippen molar-refractivity contribution in [2.75, 3.05) is 0 Å². The molecule has 1 atom stereocenters. The second-order valence-electron chi connectivity index (χ2n) is 5.42. The molecule has 3 heteroatoms.